The predicted molar refractivity (Wildman–Crippen MR) is 85.7 cm³/mol. The van der Waals surface area contributed by atoms with Crippen molar-refractivity contribution in [1.29, 1.82) is 0 Å². The van der Waals surface area contributed by atoms with Gasteiger partial charge in [0.1, 0.15) is 11.9 Å². The van der Waals surface area contributed by atoms with E-state index >= 15 is 0 Å². The van der Waals surface area contributed by atoms with Gasteiger partial charge in [-0.2, -0.15) is 5.10 Å². The molecule has 0 amide bonds. The van der Waals surface area contributed by atoms with E-state index in [0.29, 0.717) is 12.2 Å². The van der Waals surface area contributed by atoms with E-state index in [2.05, 4.69) is 12.0 Å². The molecule has 2 aromatic heterocycles. The zero-order chi connectivity index (χ0) is 15.7. The summed E-state index contributed by atoms with van der Waals surface area (Å²) in [6.07, 6.45) is 5.29. The van der Waals surface area contributed by atoms with Gasteiger partial charge in [-0.25, -0.2) is 0 Å². The summed E-state index contributed by atoms with van der Waals surface area (Å²) in [5.41, 5.74) is 2.58. The van der Waals surface area contributed by atoms with E-state index in [0.717, 1.165) is 29.3 Å². The lowest BCUT2D eigenvalue weighted by Gasteiger charge is -2.07. The number of aromatic nitrogens is 3. The lowest BCUT2D eigenvalue weighted by Crippen LogP contribution is -2.03. The van der Waals surface area contributed by atoms with Gasteiger partial charge in [-0.15, -0.1) is 0 Å². The molecule has 6 nitrogen and oxygen atoms in total. The van der Waals surface area contributed by atoms with Crippen molar-refractivity contribution < 1.29 is 4.92 Å². The first kappa shape index (κ1) is 14.3. The molecule has 2 heterocycles. The molecule has 3 aromatic rings. The van der Waals surface area contributed by atoms with Gasteiger partial charge in [-0.1, -0.05) is 19.4 Å². The molecule has 0 aliphatic carbocycles. The third-order valence-corrected chi connectivity index (χ3v) is 3.90. The minimum Gasteiger partial charge on any atom is -0.351 e. The van der Waals surface area contributed by atoms with Crippen molar-refractivity contribution in [1.82, 2.24) is 14.3 Å². The molecule has 0 fully saturated rings. The molecule has 0 unspecified atom stereocenters. The topological polar surface area (TPSA) is 65.9 Å². The van der Waals surface area contributed by atoms with Gasteiger partial charge in [-0.05, 0) is 24.6 Å². The molecule has 22 heavy (non-hydrogen) atoms. The van der Waals surface area contributed by atoms with Gasteiger partial charge in [0.05, 0.1) is 4.92 Å². The van der Waals surface area contributed by atoms with E-state index < -0.39 is 0 Å². The van der Waals surface area contributed by atoms with Crippen LogP contribution in [-0.4, -0.2) is 19.3 Å². The lowest BCUT2D eigenvalue weighted by atomic mass is 10.1. The van der Waals surface area contributed by atoms with Gasteiger partial charge in [0.15, 0.2) is 0 Å². The minimum absolute atomic E-state index is 0.0615. The van der Waals surface area contributed by atoms with Crippen molar-refractivity contribution in [2.24, 2.45) is 7.05 Å². The molecular formula is C16H18N4O2. The van der Waals surface area contributed by atoms with Crippen LogP contribution in [0.2, 0.25) is 0 Å². The van der Waals surface area contributed by atoms with E-state index in [1.165, 1.54) is 6.20 Å². The molecule has 1 aromatic carbocycles. The zero-order valence-electron chi connectivity index (χ0n) is 12.7. The van der Waals surface area contributed by atoms with Crippen molar-refractivity contribution in [3.05, 3.63) is 46.8 Å². The summed E-state index contributed by atoms with van der Waals surface area (Å²) >= 11 is 0. The number of aryl methyl sites for hydroxylation is 2. The fourth-order valence-electron chi connectivity index (χ4n) is 2.71. The molecule has 0 aliphatic heterocycles. The van der Waals surface area contributed by atoms with Crippen LogP contribution in [0.15, 0.2) is 36.7 Å². The first-order chi connectivity index (χ1) is 10.6. The van der Waals surface area contributed by atoms with E-state index in [-0.39, 0.29) is 10.6 Å². The van der Waals surface area contributed by atoms with Gasteiger partial charge >= 0.3 is 5.69 Å². The molecule has 0 saturated heterocycles. The van der Waals surface area contributed by atoms with Crippen LogP contribution < -0.4 is 0 Å². The van der Waals surface area contributed by atoms with Crippen LogP contribution in [0.5, 0.6) is 0 Å². The molecule has 0 spiro atoms. The predicted octanol–water partition coefficient (Wildman–Crippen LogP) is 3.75. The number of fused-ring (bicyclic) bond motifs is 1. The maximum atomic E-state index is 11.3. The Kier molecular flexibility index (Phi) is 3.66. The number of unbranched alkanes of at least 4 members (excludes halogenated alkanes) is 1. The second kappa shape index (κ2) is 5.63. The summed E-state index contributed by atoms with van der Waals surface area (Å²) in [6, 6.07) is 7.92. The standard InChI is InChI=1S/C16H18N4O2/c1-3-4-8-19-16(15(11-17-19)20(21)22)13-5-6-14-12(10-13)7-9-18(14)2/h5-7,9-11H,3-4,8H2,1-2H3. The largest absolute Gasteiger partial charge is 0.351 e. The summed E-state index contributed by atoms with van der Waals surface area (Å²) in [7, 11) is 1.98. The second-order valence-corrected chi connectivity index (χ2v) is 5.41. The molecular weight excluding hydrogens is 280 g/mol. The average Bonchev–Trinajstić information content (AvgIpc) is 3.09. The van der Waals surface area contributed by atoms with Gasteiger partial charge in [0, 0.05) is 36.3 Å². The van der Waals surface area contributed by atoms with Crippen molar-refractivity contribution in [3.8, 4) is 11.3 Å². The third-order valence-electron chi connectivity index (χ3n) is 3.90. The highest BCUT2D eigenvalue weighted by molar-refractivity contribution is 5.86. The van der Waals surface area contributed by atoms with Crippen LogP contribution in [0.25, 0.3) is 22.2 Å². The maximum absolute atomic E-state index is 11.3. The van der Waals surface area contributed by atoms with Gasteiger partial charge in [0.25, 0.3) is 0 Å². The maximum Gasteiger partial charge on any atom is 0.314 e. The first-order valence-corrected chi connectivity index (χ1v) is 7.37. The second-order valence-electron chi connectivity index (χ2n) is 5.41. The minimum atomic E-state index is -0.361. The number of nitrogens with zero attached hydrogens (tertiary/aromatic N) is 4. The van der Waals surface area contributed by atoms with E-state index in [1.807, 2.05) is 42.1 Å². The van der Waals surface area contributed by atoms with Gasteiger partial charge in [0.2, 0.25) is 0 Å². The van der Waals surface area contributed by atoms with Crippen molar-refractivity contribution in [3.63, 3.8) is 0 Å². The van der Waals surface area contributed by atoms with Crippen molar-refractivity contribution >= 4 is 16.6 Å². The number of hydrogen-bond donors (Lipinski definition) is 0. The molecule has 6 heteroatoms. The van der Waals surface area contributed by atoms with Crippen LogP contribution in [0, 0.1) is 10.1 Å². The summed E-state index contributed by atoms with van der Waals surface area (Å²) in [4.78, 5) is 10.9. The van der Waals surface area contributed by atoms with Crippen LogP contribution in [0.3, 0.4) is 0 Å². The van der Waals surface area contributed by atoms with E-state index in [4.69, 9.17) is 0 Å². The monoisotopic (exact) mass is 298 g/mol. The molecule has 0 bridgehead atoms. The number of hydrogen-bond acceptors (Lipinski definition) is 3. The van der Waals surface area contributed by atoms with E-state index in [1.54, 1.807) is 4.68 Å². The Morgan fingerprint density at radius 3 is 2.86 bits per heavy atom. The highest BCUT2D eigenvalue weighted by atomic mass is 16.6. The third kappa shape index (κ3) is 2.36. The molecule has 0 saturated carbocycles. The van der Waals surface area contributed by atoms with Crippen LogP contribution >= 0.6 is 0 Å². The Morgan fingerprint density at radius 1 is 1.32 bits per heavy atom. The van der Waals surface area contributed by atoms with Crippen molar-refractivity contribution in [2.45, 2.75) is 26.3 Å². The number of nitro groups is 1. The summed E-state index contributed by atoms with van der Waals surface area (Å²) < 4.78 is 3.77. The number of benzene rings is 1. The molecule has 0 aliphatic rings. The number of rotatable bonds is 5. The van der Waals surface area contributed by atoms with Crippen LogP contribution in [0.4, 0.5) is 5.69 Å². The lowest BCUT2D eigenvalue weighted by molar-refractivity contribution is -0.384. The zero-order valence-corrected chi connectivity index (χ0v) is 12.7. The highest BCUT2D eigenvalue weighted by Crippen LogP contribution is 2.32. The molecule has 3 rings (SSSR count). The normalized spacial score (nSPS) is 11.2. The van der Waals surface area contributed by atoms with E-state index in [9.17, 15) is 10.1 Å². The molecule has 0 radical (unpaired) electrons. The smallest absolute Gasteiger partial charge is 0.314 e. The van der Waals surface area contributed by atoms with Crippen LogP contribution in [-0.2, 0) is 13.6 Å². The Bertz CT molecular complexity index is 832. The quantitative estimate of drug-likeness (QED) is 0.532. The Balaban J connectivity index is 2.14. The SMILES string of the molecule is CCCCn1ncc([N+](=O)[O-])c1-c1ccc2c(ccn2C)c1. The summed E-state index contributed by atoms with van der Waals surface area (Å²) in [5.74, 6) is 0. The molecule has 0 atom stereocenters. The fraction of sp³-hybridized carbons (Fsp3) is 0.312. The molecule has 0 N–H and O–H groups in total. The average molecular weight is 298 g/mol. The first-order valence-electron chi connectivity index (χ1n) is 7.37. The Morgan fingerprint density at radius 2 is 2.14 bits per heavy atom. The summed E-state index contributed by atoms with van der Waals surface area (Å²) in [6.45, 7) is 2.78. The van der Waals surface area contributed by atoms with Gasteiger partial charge < -0.3 is 4.57 Å². The van der Waals surface area contributed by atoms with Gasteiger partial charge in [-0.3, -0.25) is 14.8 Å². The molecule has 114 valence electrons. The van der Waals surface area contributed by atoms with Crippen molar-refractivity contribution in [2.75, 3.05) is 0 Å². The summed E-state index contributed by atoms with van der Waals surface area (Å²) in [5, 5.41) is 16.6. The Hall–Kier alpha value is -2.63. The fourth-order valence-corrected chi connectivity index (χ4v) is 2.71. The highest BCUT2D eigenvalue weighted by Gasteiger charge is 2.22. The Labute approximate surface area is 128 Å². The van der Waals surface area contributed by atoms with Crippen LogP contribution in [0.1, 0.15) is 19.8 Å².